The van der Waals surface area contributed by atoms with Gasteiger partial charge >= 0.3 is 0 Å². The van der Waals surface area contributed by atoms with Crippen LogP contribution in [0.1, 0.15) is 22.6 Å². The first-order valence-corrected chi connectivity index (χ1v) is 11.8. The van der Waals surface area contributed by atoms with Crippen LogP contribution in [0, 0.1) is 6.92 Å². The number of aryl methyl sites for hydroxylation is 1. The maximum absolute atomic E-state index is 14.0. The highest BCUT2D eigenvalue weighted by atomic mass is 35.5. The van der Waals surface area contributed by atoms with Crippen LogP contribution in [0.15, 0.2) is 39.5 Å². The van der Waals surface area contributed by atoms with Crippen LogP contribution in [-0.4, -0.2) is 71.4 Å². The van der Waals surface area contributed by atoms with Crippen molar-refractivity contribution in [1.29, 1.82) is 0 Å². The van der Waals surface area contributed by atoms with Crippen molar-refractivity contribution in [2.75, 3.05) is 54.5 Å². The van der Waals surface area contributed by atoms with Gasteiger partial charge in [-0.25, -0.2) is 14.4 Å². The Kier molecular flexibility index (Phi) is 6.94. The Morgan fingerprint density at radius 1 is 1.14 bits per heavy atom. The van der Waals surface area contributed by atoms with E-state index in [2.05, 4.69) is 25.3 Å². The molecule has 37 heavy (non-hydrogen) atoms. The summed E-state index contributed by atoms with van der Waals surface area (Å²) < 4.78 is 30.9. The second-order valence-corrected chi connectivity index (χ2v) is 8.79. The monoisotopic (exact) mass is 529 g/mol. The number of hydrogen-bond donors (Lipinski definition) is 1. The summed E-state index contributed by atoms with van der Waals surface area (Å²) in [5.41, 5.74) is 2.82. The van der Waals surface area contributed by atoms with Gasteiger partial charge in [0, 0.05) is 43.2 Å². The zero-order valence-corrected chi connectivity index (χ0v) is 20.8. The van der Waals surface area contributed by atoms with Gasteiger partial charge in [0.25, 0.3) is 11.9 Å². The molecule has 1 atom stereocenters. The van der Waals surface area contributed by atoms with Crippen molar-refractivity contribution in [1.82, 2.24) is 19.9 Å². The number of halogens is 2. The van der Waals surface area contributed by atoms with Gasteiger partial charge in [-0.3, -0.25) is 9.78 Å². The number of anilines is 3. The molecular formula is C24H25ClFN7O4. The summed E-state index contributed by atoms with van der Waals surface area (Å²) in [5.74, 6) is 0.262. The van der Waals surface area contributed by atoms with Gasteiger partial charge in [-0.05, 0) is 25.5 Å². The van der Waals surface area contributed by atoms with Gasteiger partial charge in [-0.1, -0.05) is 0 Å². The fourth-order valence-electron chi connectivity index (χ4n) is 4.35. The number of oxazole rings is 2. The van der Waals surface area contributed by atoms with Crippen LogP contribution in [0.25, 0.3) is 22.7 Å². The number of nitrogens with zero attached hydrogens (tertiary/aromatic N) is 6. The fraction of sp³-hybridized carbons (Fsp3) is 0.375. The summed E-state index contributed by atoms with van der Waals surface area (Å²) in [6.07, 6.45) is 2.38. The first-order chi connectivity index (χ1) is 17.5. The van der Waals surface area contributed by atoms with Crippen molar-refractivity contribution in [2.24, 2.45) is 0 Å². The third-order valence-corrected chi connectivity index (χ3v) is 6.19. The highest BCUT2D eigenvalue weighted by Gasteiger charge is 2.28. The Morgan fingerprint density at radius 3 is 2.73 bits per heavy atom. The van der Waals surface area contributed by atoms with Gasteiger partial charge in [0.05, 0.1) is 25.4 Å². The third-order valence-electron chi connectivity index (χ3n) is 6.19. The quantitative estimate of drug-likeness (QED) is 0.410. The van der Waals surface area contributed by atoms with Gasteiger partial charge in [-0.2, -0.15) is 4.98 Å². The molecule has 2 saturated heterocycles. The van der Waals surface area contributed by atoms with Crippen LogP contribution in [0.2, 0.25) is 0 Å². The van der Waals surface area contributed by atoms with Crippen molar-refractivity contribution < 1.29 is 22.8 Å². The Balaban J connectivity index is 0.00000280. The lowest BCUT2D eigenvalue weighted by Crippen LogP contribution is -2.36. The number of pyridine rings is 2. The summed E-state index contributed by atoms with van der Waals surface area (Å²) in [4.78, 5) is 34.6. The molecule has 6 rings (SSSR count). The van der Waals surface area contributed by atoms with Gasteiger partial charge in [-0.15, -0.1) is 12.4 Å². The molecule has 0 aromatic carbocycles. The van der Waals surface area contributed by atoms with Crippen molar-refractivity contribution in [3.8, 4) is 11.5 Å². The molecular weight excluding hydrogens is 505 g/mol. The molecule has 4 aromatic rings. The molecule has 194 valence electrons. The summed E-state index contributed by atoms with van der Waals surface area (Å²) in [6.45, 7) is 5.01. The lowest BCUT2D eigenvalue weighted by Gasteiger charge is -2.24. The summed E-state index contributed by atoms with van der Waals surface area (Å²) in [5, 5.41) is 2.85. The molecule has 0 unspecified atom stereocenters. The van der Waals surface area contributed by atoms with E-state index >= 15 is 0 Å². The molecule has 1 amide bonds. The number of morpholine rings is 1. The second-order valence-electron chi connectivity index (χ2n) is 8.79. The van der Waals surface area contributed by atoms with E-state index in [9.17, 15) is 9.18 Å². The van der Waals surface area contributed by atoms with E-state index in [0.29, 0.717) is 79.5 Å². The number of amides is 1. The Hall–Kier alpha value is -3.77. The van der Waals surface area contributed by atoms with Crippen LogP contribution in [0.4, 0.5) is 21.9 Å². The number of alkyl halides is 1. The molecule has 6 heterocycles. The van der Waals surface area contributed by atoms with Crippen LogP contribution < -0.4 is 15.1 Å². The van der Waals surface area contributed by atoms with E-state index in [1.165, 1.54) is 6.26 Å². The molecule has 0 aliphatic carbocycles. The van der Waals surface area contributed by atoms with E-state index in [4.69, 9.17) is 13.6 Å². The number of fused-ring (bicyclic) bond motifs is 1. The lowest BCUT2D eigenvalue weighted by atomic mass is 10.2. The summed E-state index contributed by atoms with van der Waals surface area (Å²) in [6, 6.07) is 5.69. The van der Waals surface area contributed by atoms with E-state index in [1.54, 1.807) is 23.2 Å². The maximum atomic E-state index is 14.0. The number of hydrogen-bond acceptors (Lipinski definition) is 10. The molecule has 1 N–H and O–H groups in total. The van der Waals surface area contributed by atoms with Gasteiger partial charge in [0.2, 0.25) is 11.5 Å². The van der Waals surface area contributed by atoms with Crippen molar-refractivity contribution >= 4 is 47.1 Å². The molecule has 4 aromatic heterocycles. The average Bonchev–Trinajstić information content (AvgIpc) is 3.63. The number of ether oxygens (including phenoxy) is 1. The first kappa shape index (κ1) is 24.9. The van der Waals surface area contributed by atoms with E-state index < -0.39 is 12.1 Å². The molecule has 0 spiro atoms. The Morgan fingerprint density at radius 2 is 1.97 bits per heavy atom. The van der Waals surface area contributed by atoms with Gasteiger partial charge < -0.3 is 28.7 Å². The maximum Gasteiger partial charge on any atom is 0.300 e. The number of rotatable bonds is 5. The van der Waals surface area contributed by atoms with Crippen LogP contribution in [-0.2, 0) is 4.74 Å². The highest BCUT2D eigenvalue weighted by Crippen LogP contribution is 2.33. The minimum atomic E-state index is -0.964. The molecule has 2 aliphatic heterocycles. The second kappa shape index (κ2) is 10.3. The SMILES string of the molecule is Cc1cc(-c2nc(C(=O)Nc3cc4oc(N5CCOCC5)nc4nc3N3CC[C@@H](F)C3)co2)ccn1.Cl. The summed E-state index contributed by atoms with van der Waals surface area (Å²) in [7, 11) is 0. The van der Waals surface area contributed by atoms with Crippen molar-refractivity contribution in [3.05, 3.63) is 42.0 Å². The lowest BCUT2D eigenvalue weighted by molar-refractivity contribution is 0.102. The molecule has 0 saturated carbocycles. The third kappa shape index (κ3) is 5.07. The van der Waals surface area contributed by atoms with E-state index in [1.807, 2.05) is 17.9 Å². The van der Waals surface area contributed by atoms with Crippen molar-refractivity contribution in [2.45, 2.75) is 19.5 Å². The fourth-order valence-corrected chi connectivity index (χ4v) is 4.35. The number of carbonyl (C=O) groups excluding carboxylic acids is 1. The standard InChI is InChI=1S/C24H24FN7O4.ClH/c1-14-10-15(2-4-26-14)23-28-18(13-35-23)22(33)27-17-11-19-20(29-21(17)32-5-3-16(25)12-32)30-24(36-19)31-6-8-34-9-7-31;/h2,4,10-11,13,16H,3,5-9,12H2,1H3,(H,27,33);1H/t16-;/m1./s1. The molecule has 0 radical (unpaired) electrons. The number of aromatic nitrogens is 4. The molecule has 2 aliphatic rings. The smallest absolute Gasteiger partial charge is 0.300 e. The van der Waals surface area contributed by atoms with E-state index in [0.717, 1.165) is 5.69 Å². The average molecular weight is 530 g/mol. The minimum Gasteiger partial charge on any atom is -0.444 e. The predicted molar refractivity (Wildman–Crippen MR) is 136 cm³/mol. The van der Waals surface area contributed by atoms with Crippen LogP contribution >= 0.6 is 12.4 Å². The van der Waals surface area contributed by atoms with Gasteiger partial charge in [0.15, 0.2) is 17.1 Å². The zero-order valence-electron chi connectivity index (χ0n) is 20.0. The Bertz CT molecular complexity index is 1420. The first-order valence-electron chi connectivity index (χ1n) is 11.8. The molecule has 11 nitrogen and oxygen atoms in total. The van der Waals surface area contributed by atoms with Crippen LogP contribution in [0.5, 0.6) is 0 Å². The van der Waals surface area contributed by atoms with Crippen molar-refractivity contribution in [3.63, 3.8) is 0 Å². The predicted octanol–water partition coefficient (Wildman–Crippen LogP) is 3.64. The highest BCUT2D eigenvalue weighted by molar-refractivity contribution is 6.05. The van der Waals surface area contributed by atoms with Crippen LogP contribution in [0.3, 0.4) is 0 Å². The normalized spacial score (nSPS) is 17.7. The topological polar surface area (TPSA) is 123 Å². The van der Waals surface area contributed by atoms with Gasteiger partial charge in [0.1, 0.15) is 12.4 Å². The zero-order chi connectivity index (χ0) is 24.6. The largest absolute Gasteiger partial charge is 0.444 e. The number of nitrogens with one attached hydrogen (secondary N) is 1. The summed E-state index contributed by atoms with van der Waals surface area (Å²) >= 11 is 0. The molecule has 13 heteroatoms. The molecule has 2 fully saturated rings. The minimum absolute atomic E-state index is 0. The molecule has 0 bridgehead atoms. The number of carbonyl (C=O) groups is 1. The Labute approximate surface area is 217 Å². The van der Waals surface area contributed by atoms with E-state index in [-0.39, 0.29) is 24.6 Å².